The first-order valence-electron chi connectivity index (χ1n) is 8.66. The lowest BCUT2D eigenvalue weighted by Crippen LogP contribution is -2.24. The molecule has 2 aromatic heterocycles. The predicted octanol–water partition coefficient (Wildman–Crippen LogP) is 3.15. The third-order valence-corrected chi connectivity index (χ3v) is 5.92. The van der Waals surface area contributed by atoms with Gasteiger partial charge in [-0.2, -0.15) is 0 Å². The molecule has 1 aliphatic rings. The van der Waals surface area contributed by atoms with E-state index in [4.69, 9.17) is 0 Å². The maximum absolute atomic E-state index is 13.7. The molecule has 0 spiro atoms. The van der Waals surface area contributed by atoms with Gasteiger partial charge in [0.15, 0.2) is 11.6 Å². The number of imidazole rings is 1. The van der Waals surface area contributed by atoms with E-state index in [9.17, 15) is 17.2 Å². The summed E-state index contributed by atoms with van der Waals surface area (Å²) in [7, 11) is -3.32. The van der Waals surface area contributed by atoms with Gasteiger partial charge in [-0.25, -0.2) is 26.9 Å². The van der Waals surface area contributed by atoms with Crippen molar-refractivity contribution in [3.05, 3.63) is 47.8 Å². The van der Waals surface area contributed by atoms with Gasteiger partial charge in [0.25, 0.3) is 0 Å². The Kier molecular flexibility index (Phi) is 4.43. The van der Waals surface area contributed by atoms with Gasteiger partial charge >= 0.3 is 0 Å². The van der Waals surface area contributed by atoms with Crippen molar-refractivity contribution in [3.8, 4) is 11.4 Å². The molecule has 6 nitrogen and oxygen atoms in total. The molecule has 0 saturated heterocycles. The molecule has 9 heteroatoms. The van der Waals surface area contributed by atoms with Crippen LogP contribution in [0.1, 0.15) is 31.4 Å². The number of pyridine rings is 1. The number of benzene rings is 1. The van der Waals surface area contributed by atoms with Crippen LogP contribution in [0.2, 0.25) is 0 Å². The van der Waals surface area contributed by atoms with Crippen LogP contribution < -0.4 is 4.72 Å². The largest absolute Gasteiger partial charge is 0.321 e. The summed E-state index contributed by atoms with van der Waals surface area (Å²) in [6, 6.07) is 4.25. The maximum Gasteiger partial charge on any atom is 0.211 e. The molecule has 1 aromatic carbocycles. The summed E-state index contributed by atoms with van der Waals surface area (Å²) in [4.78, 5) is 8.67. The zero-order valence-electron chi connectivity index (χ0n) is 14.6. The average Bonchev–Trinajstić information content (AvgIpc) is 3.43. The molecule has 1 aliphatic carbocycles. The van der Waals surface area contributed by atoms with Crippen molar-refractivity contribution < 1.29 is 17.2 Å². The molecule has 1 N–H and O–H groups in total. The van der Waals surface area contributed by atoms with Crippen LogP contribution in [-0.4, -0.2) is 28.7 Å². The summed E-state index contributed by atoms with van der Waals surface area (Å²) < 4.78 is 55.1. The summed E-state index contributed by atoms with van der Waals surface area (Å²) >= 11 is 0. The summed E-state index contributed by atoms with van der Waals surface area (Å²) in [5.41, 5.74) is 2.28. The second-order valence-electron chi connectivity index (χ2n) is 6.60. The molecule has 2 heterocycles. The van der Waals surface area contributed by atoms with Gasteiger partial charge in [0.2, 0.25) is 10.0 Å². The molecular weight excluding hydrogens is 374 g/mol. The van der Waals surface area contributed by atoms with Gasteiger partial charge in [-0.15, -0.1) is 0 Å². The number of sulfonamides is 1. The molecule has 142 valence electrons. The highest BCUT2D eigenvalue weighted by atomic mass is 32.2. The number of nitrogens with zero attached hydrogens (tertiary/aromatic N) is 3. The summed E-state index contributed by atoms with van der Waals surface area (Å²) in [5.74, 6) is -1.27. The van der Waals surface area contributed by atoms with Gasteiger partial charge in [0.05, 0.1) is 16.8 Å². The van der Waals surface area contributed by atoms with E-state index in [0.29, 0.717) is 28.0 Å². The minimum absolute atomic E-state index is 0.00524. The minimum Gasteiger partial charge on any atom is -0.321 e. The topological polar surface area (TPSA) is 76.9 Å². The van der Waals surface area contributed by atoms with Gasteiger partial charge in [0, 0.05) is 42.7 Å². The Hall–Kier alpha value is -2.39. The van der Waals surface area contributed by atoms with E-state index in [-0.39, 0.29) is 18.3 Å². The van der Waals surface area contributed by atoms with E-state index < -0.39 is 21.7 Å². The summed E-state index contributed by atoms with van der Waals surface area (Å²) in [6.45, 7) is 1.68. The molecule has 0 atom stereocenters. The average molecular weight is 392 g/mol. The number of rotatable bonds is 6. The second kappa shape index (κ2) is 6.65. The molecule has 4 rings (SSSR count). The van der Waals surface area contributed by atoms with Crippen LogP contribution in [0.4, 0.5) is 8.78 Å². The number of hydrogen-bond donors (Lipinski definition) is 1. The minimum atomic E-state index is -3.32. The fourth-order valence-electron chi connectivity index (χ4n) is 3.00. The van der Waals surface area contributed by atoms with Crippen molar-refractivity contribution in [2.75, 3.05) is 5.75 Å². The SMILES string of the molecule is CCS(=O)(=O)NCc1cncc(-c2nc3cc(F)c(F)cc3n2C2CC2)c1. The van der Waals surface area contributed by atoms with E-state index in [1.807, 2.05) is 4.57 Å². The van der Waals surface area contributed by atoms with Crippen LogP contribution in [0.5, 0.6) is 0 Å². The second-order valence-corrected chi connectivity index (χ2v) is 8.69. The van der Waals surface area contributed by atoms with Gasteiger partial charge in [-0.3, -0.25) is 4.98 Å². The Morgan fingerprint density at radius 1 is 1.19 bits per heavy atom. The van der Waals surface area contributed by atoms with Crippen LogP contribution in [-0.2, 0) is 16.6 Å². The smallest absolute Gasteiger partial charge is 0.211 e. The molecule has 0 unspecified atom stereocenters. The van der Waals surface area contributed by atoms with Crippen LogP contribution in [0, 0.1) is 11.6 Å². The van der Waals surface area contributed by atoms with Crippen LogP contribution >= 0.6 is 0 Å². The number of aromatic nitrogens is 3. The molecule has 0 radical (unpaired) electrons. The molecule has 3 aromatic rings. The van der Waals surface area contributed by atoms with Crippen LogP contribution in [0.15, 0.2) is 30.6 Å². The number of hydrogen-bond acceptors (Lipinski definition) is 4. The molecule has 1 saturated carbocycles. The van der Waals surface area contributed by atoms with E-state index in [1.54, 1.807) is 25.4 Å². The maximum atomic E-state index is 13.7. The lowest BCUT2D eigenvalue weighted by molar-refractivity contribution is 0.510. The third kappa shape index (κ3) is 3.57. The first kappa shape index (κ1) is 18.0. The Bertz CT molecular complexity index is 1120. The Balaban J connectivity index is 1.76. The Labute approximate surface area is 155 Å². The fraction of sp³-hybridized carbons (Fsp3) is 0.333. The standard InChI is InChI=1S/C18H18F2N4O2S/c1-2-27(25,26)22-9-11-5-12(10-21-8-11)18-23-16-6-14(19)15(20)7-17(16)24(18)13-3-4-13/h5-8,10,13,22H,2-4,9H2,1H3. The first-order chi connectivity index (χ1) is 12.9. The van der Waals surface area contributed by atoms with E-state index >= 15 is 0 Å². The van der Waals surface area contributed by atoms with Crippen molar-refractivity contribution in [3.63, 3.8) is 0 Å². The number of halogens is 2. The Morgan fingerprint density at radius 3 is 2.63 bits per heavy atom. The van der Waals surface area contributed by atoms with Crippen LogP contribution in [0.25, 0.3) is 22.4 Å². The highest BCUT2D eigenvalue weighted by Gasteiger charge is 2.29. The normalized spacial score (nSPS) is 14.8. The van der Waals surface area contributed by atoms with Crippen molar-refractivity contribution in [2.24, 2.45) is 0 Å². The summed E-state index contributed by atoms with van der Waals surface area (Å²) in [6.07, 6.45) is 5.08. The molecule has 0 amide bonds. The van der Waals surface area contributed by atoms with Crippen molar-refractivity contribution in [1.82, 2.24) is 19.3 Å². The van der Waals surface area contributed by atoms with Crippen molar-refractivity contribution in [2.45, 2.75) is 32.4 Å². The van der Waals surface area contributed by atoms with Gasteiger partial charge in [-0.05, 0) is 31.4 Å². The van der Waals surface area contributed by atoms with Crippen molar-refractivity contribution in [1.29, 1.82) is 0 Å². The lowest BCUT2D eigenvalue weighted by Gasteiger charge is -2.09. The Morgan fingerprint density at radius 2 is 1.93 bits per heavy atom. The van der Waals surface area contributed by atoms with Gasteiger partial charge in [-0.1, -0.05) is 0 Å². The van der Waals surface area contributed by atoms with E-state index in [1.165, 1.54) is 6.07 Å². The lowest BCUT2D eigenvalue weighted by atomic mass is 10.2. The quantitative estimate of drug-likeness (QED) is 0.699. The zero-order chi connectivity index (χ0) is 19.2. The van der Waals surface area contributed by atoms with Crippen LogP contribution in [0.3, 0.4) is 0 Å². The number of nitrogens with one attached hydrogen (secondary N) is 1. The highest BCUT2D eigenvalue weighted by molar-refractivity contribution is 7.89. The van der Waals surface area contributed by atoms with E-state index in [0.717, 1.165) is 18.9 Å². The van der Waals surface area contributed by atoms with Gasteiger partial charge in [0.1, 0.15) is 5.82 Å². The molecule has 0 bridgehead atoms. The predicted molar refractivity (Wildman–Crippen MR) is 97.5 cm³/mol. The fourth-order valence-corrected chi connectivity index (χ4v) is 3.59. The highest BCUT2D eigenvalue weighted by Crippen LogP contribution is 2.41. The zero-order valence-corrected chi connectivity index (χ0v) is 15.4. The molecule has 0 aliphatic heterocycles. The molecule has 27 heavy (non-hydrogen) atoms. The monoisotopic (exact) mass is 392 g/mol. The summed E-state index contributed by atoms with van der Waals surface area (Å²) in [5, 5.41) is 0. The van der Waals surface area contributed by atoms with E-state index in [2.05, 4.69) is 14.7 Å². The number of fused-ring (bicyclic) bond motifs is 1. The first-order valence-corrected chi connectivity index (χ1v) is 10.3. The molecule has 1 fully saturated rings. The molecular formula is C18H18F2N4O2S. The van der Waals surface area contributed by atoms with Crippen molar-refractivity contribution >= 4 is 21.1 Å². The van der Waals surface area contributed by atoms with Gasteiger partial charge < -0.3 is 4.57 Å². The third-order valence-electron chi connectivity index (χ3n) is 4.57.